The maximum atomic E-state index is 13.0. The van der Waals surface area contributed by atoms with Crippen LogP contribution >= 0.6 is 0 Å². The van der Waals surface area contributed by atoms with Crippen LogP contribution in [0.3, 0.4) is 0 Å². The number of hydrogen-bond acceptors (Lipinski definition) is 6. The number of aromatic nitrogens is 1. The summed E-state index contributed by atoms with van der Waals surface area (Å²) in [6.07, 6.45) is 1.87. The van der Waals surface area contributed by atoms with Crippen molar-refractivity contribution < 1.29 is 14.3 Å². The third kappa shape index (κ3) is 6.22. The van der Waals surface area contributed by atoms with Gasteiger partial charge in [0.05, 0.1) is 12.7 Å². The van der Waals surface area contributed by atoms with Crippen LogP contribution in [-0.4, -0.2) is 49.1 Å². The number of rotatable bonds is 7. The third-order valence-corrected chi connectivity index (χ3v) is 5.87. The zero-order valence-electron chi connectivity index (χ0n) is 19.6. The number of benzene rings is 1. The molecule has 33 heavy (non-hydrogen) atoms. The van der Waals surface area contributed by atoms with Crippen LogP contribution in [0.1, 0.15) is 42.1 Å². The van der Waals surface area contributed by atoms with Gasteiger partial charge >= 0.3 is 0 Å². The molecule has 1 atom stereocenters. The minimum absolute atomic E-state index is 0.00248. The van der Waals surface area contributed by atoms with Crippen LogP contribution in [0.5, 0.6) is 5.75 Å². The van der Waals surface area contributed by atoms with E-state index in [1.165, 1.54) is 6.92 Å². The van der Waals surface area contributed by atoms with Crippen LogP contribution < -0.4 is 20.3 Å². The van der Waals surface area contributed by atoms with Gasteiger partial charge in [-0.1, -0.05) is 12.1 Å². The first-order valence-electron chi connectivity index (χ1n) is 11.1. The van der Waals surface area contributed by atoms with Gasteiger partial charge < -0.3 is 20.3 Å². The Balaban J connectivity index is 1.62. The molecular weight excluding hydrogens is 418 g/mol. The lowest BCUT2D eigenvalue weighted by Crippen LogP contribution is -2.52. The number of ether oxygens (including phenoxy) is 1. The van der Waals surface area contributed by atoms with Crippen LogP contribution in [0.25, 0.3) is 0 Å². The molecule has 0 bridgehead atoms. The summed E-state index contributed by atoms with van der Waals surface area (Å²) in [7, 11) is 1.60. The number of methoxy groups -OCH3 is 1. The van der Waals surface area contributed by atoms with Gasteiger partial charge in [0.25, 0.3) is 0 Å². The molecule has 2 aromatic rings. The first kappa shape index (κ1) is 24.1. The maximum absolute atomic E-state index is 13.0. The second kappa shape index (κ2) is 10.8. The lowest BCUT2D eigenvalue weighted by atomic mass is 10.0. The fourth-order valence-electron chi connectivity index (χ4n) is 4.17. The molecule has 1 aromatic heterocycles. The molecule has 1 unspecified atom stereocenters. The van der Waals surface area contributed by atoms with Crippen LogP contribution in [0.4, 0.5) is 5.82 Å². The van der Waals surface area contributed by atoms with Gasteiger partial charge in [-0.15, -0.1) is 0 Å². The van der Waals surface area contributed by atoms with Gasteiger partial charge in [-0.25, -0.2) is 4.98 Å². The first-order chi connectivity index (χ1) is 15.8. The normalized spacial score (nSPS) is 14.8. The standard InChI is InChI=1S/C25H31N5O3/c1-16-13-17(2)27-24(22(16)15-26)30-11-9-20(10-12-30)29-25(32)23(28-18(3)31)14-19-5-7-21(33-4)8-6-19/h5-8,13,20,23H,9-12,14H2,1-4H3,(H,28,31)(H,29,32). The zero-order chi connectivity index (χ0) is 24.0. The number of aryl methyl sites for hydroxylation is 2. The van der Waals surface area contributed by atoms with Gasteiger partial charge in [0.1, 0.15) is 23.7 Å². The molecule has 2 N–H and O–H groups in total. The van der Waals surface area contributed by atoms with E-state index >= 15 is 0 Å². The predicted molar refractivity (Wildman–Crippen MR) is 126 cm³/mol. The van der Waals surface area contributed by atoms with E-state index in [1.807, 2.05) is 44.2 Å². The smallest absolute Gasteiger partial charge is 0.243 e. The second-order valence-electron chi connectivity index (χ2n) is 8.47. The summed E-state index contributed by atoms with van der Waals surface area (Å²) in [5, 5.41) is 15.4. The Labute approximate surface area is 195 Å². The van der Waals surface area contributed by atoms with E-state index in [9.17, 15) is 14.9 Å². The van der Waals surface area contributed by atoms with Crippen molar-refractivity contribution in [3.05, 3.63) is 52.7 Å². The topological polar surface area (TPSA) is 107 Å². The van der Waals surface area contributed by atoms with E-state index < -0.39 is 6.04 Å². The summed E-state index contributed by atoms with van der Waals surface area (Å²) in [4.78, 5) is 31.4. The molecule has 1 aliphatic rings. The van der Waals surface area contributed by atoms with Gasteiger partial charge in [0.15, 0.2) is 0 Å². The van der Waals surface area contributed by atoms with Crippen LogP contribution in [-0.2, 0) is 16.0 Å². The number of hydrogen-bond donors (Lipinski definition) is 2. The Morgan fingerprint density at radius 2 is 1.91 bits per heavy atom. The molecule has 8 nitrogen and oxygen atoms in total. The van der Waals surface area contributed by atoms with E-state index in [0.29, 0.717) is 25.1 Å². The molecule has 0 aliphatic carbocycles. The minimum Gasteiger partial charge on any atom is -0.497 e. The Morgan fingerprint density at radius 1 is 1.24 bits per heavy atom. The number of anilines is 1. The Kier molecular flexibility index (Phi) is 7.88. The number of amides is 2. The highest BCUT2D eigenvalue weighted by Gasteiger charge is 2.27. The molecule has 174 valence electrons. The van der Waals surface area contributed by atoms with Crippen molar-refractivity contribution in [2.24, 2.45) is 0 Å². The molecule has 1 aliphatic heterocycles. The lowest BCUT2D eigenvalue weighted by Gasteiger charge is -2.34. The molecule has 8 heteroatoms. The average Bonchev–Trinajstić information content (AvgIpc) is 2.79. The highest BCUT2D eigenvalue weighted by molar-refractivity contribution is 5.87. The molecule has 0 radical (unpaired) electrons. The summed E-state index contributed by atoms with van der Waals surface area (Å²) in [5.74, 6) is 1.02. The van der Waals surface area contributed by atoms with E-state index in [4.69, 9.17) is 4.74 Å². The second-order valence-corrected chi connectivity index (χ2v) is 8.47. The van der Waals surface area contributed by atoms with Crippen molar-refractivity contribution in [2.45, 2.75) is 52.1 Å². The van der Waals surface area contributed by atoms with Crippen LogP contribution in [0.2, 0.25) is 0 Å². The van der Waals surface area contributed by atoms with Crippen molar-refractivity contribution in [3.63, 3.8) is 0 Å². The van der Waals surface area contributed by atoms with Gasteiger partial charge in [-0.2, -0.15) is 5.26 Å². The number of carbonyl (C=O) groups is 2. The average molecular weight is 450 g/mol. The summed E-state index contributed by atoms with van der Waals surface area (Å²) >= 11 is 0. The SMILES string of the molecule is COc1ccc(CC(NC(C)=O)C(=O)NC2CCN(c3nc(C)cc(C)c3C#N)CC2)cc1. The lowest BCUT2D eigenvalue weighted by molar-refractivity contribution is -0.128. The van der Waals surface area contributed by atoms with E-state index in [1.54, 1.807) is 7.11 Å². The van der Waals surface area contributed by atoms with Crippen LogP contribution in [0, 0.1) is 25.2 Å². The van der Waals surface area contributed by atoms with Crippen molar-refractivity contribution in [3.8, 4) is 11.8 Å². The highest BCUT2D eigenvalue weighted by atomic mass is 16.5. The Bertz CT molecular complexity index is 1040. The molecule has 0 saturated carbocycles. The quantitative estimate of drug-likeness (QED) is 0.672. The molecule has 2 amide bonds. The van der Waals surface area contributed by atoms with E-state index in [2.05, 4.69) is 26.6 Å². The van der Waals surface area contributed by atoms with Gasteiger partial charge in [0, 0.05) is 38.2 Å². The molecule has 3 rings (SSSR count). The number of carbonyl (C=O) groups excluding carboxylic acids is 2. The molecule has 1 aromatic carbocycles. The third-order valence-electron chi connectivity index (χ3n) is 5.87. The van der Waals surface area contributed by atoms with Gasteiger partial charge in [0.2, 0.25) is 11.8 Å². The summed E-state index contributed by atoms with van der Waals surface area (Å²) in [6, 6.07) is 11.0. The largest absolute Gasteiger partial charge is 0.497 e. The number of nitriles is 1. The van der Waals surface area contributed by atoms with Gasteiger partial charge in [-0.3, -0.25) is 9.59 Å². The number of nitrogens with one attached hydrogen (secondary N) is 2. The van der Waals surface area contributed by atoms with Crippen molar-refractivity contribution in [1.82, 2.24) is 15.6 Å². The van der Waals surface area contributed by atoms with Crippen molar-refractivity contribution in [1.29, 1.82) is 5.26 Å². The predicted octanol–water partition coefficient (Wildman–Crippen LogP) is 2.41. The maximum Gasteiger partial charge on any atom is 0.243 e. The summed E-state index contributed by atoms with van der Waals surface area (Å²) in [5.41, 5.74) is 3.35. The molecule has 0 spiro atoms. The summed E-state index contributed by atoms with van der Waals surface area (Å²) < 4.78 is 5.18. The molecule has 2 heterocycles. The van der Waals surface area contributed by atoms with Crippen LogP contribution in [0.15, 0.2) is 30.3 Å². The fraction of sp³-hybridized carbons (Fsp3) is 0.440. The summed E-state index contributed by atoms with van der Waals surface area (Å²) in [6.45, 7) is 6.65. The molecule has 1 fully saturated rings. The number of piperidine rings is 1. The van der Waals surface area contributed by atoms with E-state index in [0.717, 1.165) is 41.2 Å². The van der Waals surface area contributed by atoms with Crippen molar-refractivity contribution >= 4 is 17.6 Å². The molecular formula is C25H31N5O3. The van der Waals surface area contributed by atoms with Gasteiger partial charge in [-0.05, 0) is 56.0 Å². The zero-order valence-corrected chi connectivity index (χ0v) is 19.6. The number of pyridine rings is 1. The van der Waals surface area contributed by atoms with Crippen molar-refractivity contribution in [2.75, 3.05) is 25.1 Å². The van der Waals surface area contributed by atoms with E-state index in [-0.39, 0.29) is 17.9 Å². The number of nitrogens with zero attached hydrogens (tertiary/aromatic N) is 3. The molecule has 1 saturated heterocycles. The highest BCUT2D eigenvalue weighted by Crippen LogP contribution is 2.25. The monoisotopic (exact) mass is 449 g/mol. The minimum atomic E-state index is -0.653. The Hall–Kier alpha value is -3.60. The fourth-order valence-corrected chi connectivity index (χ4v) is 4.17. The first-order valence-corrected chi connectivity index (χ1v) is 11.1. The Morgan fingerprint density at radius 3 is 2.48 bits per heavy atom.